The van der Waals surface area contributed by atoms with Gasteiger partial charge < -0.3 is 4.74 Å². The maximum atomic E-state index is 12.8. The Kier molecular flexibility index (Phi) is 7.34. The Morgan fingerprint density at radius 1 is 0.938 bits per heavy atom. The van der Waals surface area contributed by atoms with Gasteiger partial charge in [-0.05, 0) is 48.0 Å². The number of hydrogen-bond donors (Lipinski definition) is 3. The summed E-state index contributed by atoms with van der Waals surface area (Å²) in [5.41, 5.74) is 5.62. The second-order valence-corrected chi connectivity index (χ2v) is 8.76. The van der Waals surface area contributed by atoms with Crippen molar-refractivity contribution in [2.75, 3.05) is 11.8 Å². The molecule has 0 radical (unpaired) electrons. The molecule has 0 aliphatic carbocycles. The van der Waals surface area contributed by atoms with E-state index in [1.807, 2.05) is 0 Å². The monoisotopic (exact) mass is 473 g/mol. The molecule has 0 heterocycles. The third kappa shape index (κ3) is 5.99. The quantitative estimate of drug-likeness (QED) is 0.456. The zero-order valence-corrected chi connectivity index (χ0v) is 18.5. The van der Waals surface area contributed by atoms with Crippen LogP contribution >= 0.6 is 11.6 Å². The highest BCUT2D eigenvalue weighted by Gasteiger charge is 2.18. The minimum Gasteiger partial charge on any atom is -0.495 e. The van der Waals surface area contributed by atoms with Gasteiger partial charge in [0, 0.05) is 10.6 Å². The van der Waals surface area contributed by atoms with E-state index >= 15 is 0 Å². The lowest BCUT2D eigenvalue weighted by molar-refractivity contribution is -0.121. The predicted octanol–water partition coefficient (Wildman–Crippen LogP) is 3.15. The van der Waals surface area contributed by atoms with Gasteiger partial charge in [0.05, 0.1) is 24.1 Å². The molecule has 3 N–H and O–H groups in total. The van der Waals surface area contributed by atoms with Crippen LogP contribution in [0.25, 0.3) is 0 Å². The molecule has 3 aromatic rings. The molecule has 3 rings (SSSR count). The number of sulfonamides is 1. The lowest BCUT2D eigenvalue weighted by Crippen LogP contribution is -2.42. The summed E-state index contributed by atoms with van der Waals surface area (Å²) in [4.78, 5) is 24.3. The molecule has 0 saturated carbocycles. The highest BCUT2D eigenvalue weighted by atomic mass is 35.5. The van der Waals surface area contributed by atoms with Gasteiger partial charge in [0.1, 0.15) is 5.75 Å². The molecule has 0 aromatic heterocycles. The van der Waals surface area contributed by atoms with Gasteiger partial charge in [-0.3, -0.25) is 25.2 Å². The van der Waals surface area contributed by atoms with Crippen LogP contribution < -0.4 is 20.3 Å². The summed E-state index contributed by atoms with van der Waals surface area (Å²) < 4.78 is 33.1. The SMILES string of the molecule is COc1ccccc1NS(=O)(=O)c1cccc(C(=O)NNC(=O)Cc2ccc(Cl)cc2)c1. The molecule has 0 aliphatic rings. The van der Waals surface area contributed by atoms with E-state index in [1.165, 1.54) is 31.4 Å². The van der Waals surface area contributed by atoms with Crippen LogP contribution in [0.1, 0.15) is 15.9 Å². The number of carbonyl (C=O) groups is 2. The Labute approximate surface area is 190 Å². The topological polar surface area (TPSA) is 114 Å². The van der Waals surface area contributed by atoms with Crippen LogP contribution in [0.3, 0.4) is 0 Å². The number of rotatable bonds is 7. The third-order valence-electron chi connectivity index (χ3n) is 4.35. The van der Waals surface area contributed by atoms with Gasteiger partial charge in [-0.15, -0.1) is 0 Å². The summed E-state index contributed by atoms with van der Waals surface area (Å²) in [5.74, 6) is -0.751. The van der Waals surface area contributed by atoms with E-state index in [0.29, 0.717) is 10.8 Å². The fourth-order valence-corrected chi connectivity index (χ4v) is 4.01. The molecule has 0 atom stereocenters. The number of halogens is 1. The molecule has 0 aliphatic heterocycles. The van der Waals surface area contributed by atoms with E-state index in [4.69, 9.17) is 16.3 Å². The highest BCUT2D eigenvalue weighted by Crippen LogP contribution is 2.26. The number of carbonyl (C=O) groups excluding carboxylic acids is 2. The summed E-state index contributed by atoms with van der Waals surface area (Å²) in [5, 5.41) is 0.553. The molecular weight excluding hydrogens is 454 g/mol. The van der Waals surface area contributed by atoms with E-state index < -0.39 is 21.8 Å². The van der Waals surface area contributed by atoms with Crippen molar-refractivity contribution >= 4 is 39.1 Å². The molecule has 32 heavy (non-hydrogen) atoms. The van der Waals surface area contributed by atoms with Crippen molar-refractivity contribution in [2.24, 2.45) is 0 Å². The van der Waals surface area contributed by atoms with E-state index in [-0.39, 0.29) is 22.6 Å². The molecular formula is C22H20ClN3O5S. The van der Waals surface area contributed by atoms with Crippen molar-refractivity contribution in [1.82, 2.24) is 10.9 Å². The summed E-state index contributed by atoms with van der Waals surface area (Å²) in [6.45, 7) is 0. The summed E-state index contributed by atoms with van der Waals surface area (Å²) >= 11 is 5.81. The first-order valence-corrected chi connectivity index (χ1v) is 11.2. The van der Waals surface area contributed by atoms with Gasteiger partial charge in [0.15, 0.2) is 0 Å². The Hall–Kier alpha value is -3.56. The summed E-state index contributed by atoms with van der Waals surface area (Å²) in [7, 11) is -2.56. The Morgan fingerprint density at radius 2 is 1.66 bits per heavy atom. The molecule has 0 unspecified atom stereocenters. The predicted molar refractivity (Wildman–Crippen MR) is 121 cm³/mol. The molecule has 8 nitrogen and oxygen atoms in total. The summed E-state index contributed by atoms with van der Waals surface area (Å²) in [6.07, 6.45) is 0.0364. The van der Waals surface area contributed by atoms with E-state index in [2.05, 4.69) is 15.6 Å². The molecule has 0 saturated heterocycles. The molecule has 10 heteroatoms. The molecule has 3 aromatic carbocycles. The number of benzene rings is 3. The van der Waals surface area contributed by atoms with Crippen molar-refractivity contribution in [2.45, 2.75) is 11.3 Å². The van der Waals surface area contributed by atoms with Crippen molar-refractivity contribution in [1.29, 1.82) is 0 Å². The van der Waals surface area contributed by atoms with Crippen molar-refractivity contribution in [3.05, 3.63) is 88.9 Å². The normalized spacial score (nSPS) is 10.8. The van der Waals surface area contributed by atoms with Crippen molar-refractivity contribution in [3.8, 4) is 5.75 Å². The van der Waals surface area contributed by atoms with Crippen LogP contribution in [-0.4, -0.2) is 27.3 Å². The Balaban J connectivity index is 1.66. The van der Waals surface area contributed by atoms with Crippen LogP contribution in [0.4, 0.5) is 5.69 Å². The van der Waals surface area contributed by atoms with E-state index in [9.17, 15) is 18.0 Å². The van der Waals surface area contributed by atoms with Gasteiger partial charge in [-0.2, -0.15) is 0 Å². The minimum absolute atomic E-state index is 0.0364. The lowest BCUT2D eigenvalue weighted by atomic mass is 10.1. The molecule has 2 amide bonds. The first kappa shape index (κ1) is 23.1. The average Bonchev–Trinajstić information content (AvgIpc) is 2.79. The number of para-hydroxylation sites is 2. The van der Waals surface area contributed by atoms with Crippen LogP contribution in [0.15, 0.2) is 77.7 Å². The maximum Gasteiger partial charge on any atom is 0.269 e. The number of anilines is 1. The van der Waals surface area contributed by atoms with E-state index in [1.54, 1.807) is 48.5 Å². The van der Waals surface area contributed by atoms with Crippen LogP contribution in [0.5, 0.6) is 5.75 Å². The first-order valence-electron chi connectivity index (χ1n) is 9.38. The van der Waals surface area contributed by atoms with Gasteiger partial charge in [0.2, 0.25) is 5.91 Å². The van der Waals surface area contributed by atoms with E-state index in [0.717, 1.165) is 5.56 Å². The second kappa shape index (κ2) is 10.2. The van der Waals surface area contributed by atoms with Crippen LogP contribution in [-0.2, 0) is 21.2 Å². The minimum atomic E-state index is -3.99. The van der Waals surface area contributed by atoms with Crippen LogP contribution in [0, 0.1) is 0 Å². The first-order chi connectivity index (χ1) is 15.3. The average molecular weight is 474 g/mol. The highest BCUT2D eigenvalue weighted by molar-refractivity contribution is 7.92. The van der Waals surface area contributed by atoms with Crippen molar-refractivity contribution in [3.63, 3.8) is 0 Å². The lowest BCUT2D eigenvalue weighted by Gasteiger charge is -2.12. The molecule has 0 bridgehead atoms. The molecule has 0 spiro atoms. The maximum absolute atomic E-state index is 12.8. The Morgan fingerprint density at radius 3 is 2.38 bits per heavy atom. The Bertz CT molecular complexity index is 1230. The smallest absolute Gasteiger partial charge is 0.269 e. The van der Waals surface area contributed by atoms with Gasteiger partial charge in [-0.1, -0.05) is 41.9 Å². The largest absolute Gasteiger partial charge is 0.495 e. The zero-order chi connectivity index (χ0) is 23.1. The molecule has 0 fully saturated rings. The fourth-order valence-electron chi connectivity index (χ4n) is 2.77. The number of hydrogen-bond acceptors (Lipinski definition) is 5. The zero-order valence-electron chi connectivity index (χ0n) is 17.0. The standard InChI is InChI=1S/C22H20ClN3O5S/c1-31-20-8-3-2-7-19(20)26-32(29,30)18-6-4-5-16(14-18)22(28)25-24-21(27)13-15-9-11-17(23)12-10-15/h2-12,14,26H,13H2,1H3,(H,24,27)(H,25,28). The number of amides is 2. The third-order valence-corrected chi connectivity index (χ3v) is 5.97. The number of nitrogens with one attached hydrogen (secondary N) is 3. The van der Waals surface area contributed by atoms with Crippen LogP contribution in [0.2, 0.25) is 5.02 Å². The van der Waals surface area contributed by atoms with Gasteiger partial charge in [-0.25, -0.2) is 8.42 Å². The fraction of sp³-hybridized carbons (Fsp3) is 0.0909. The summed E-state index contributed by atoms with van der Waals surface area (Å²) in [6, 6.07) is 18.7. The molecule has 166 valence electrons. The van der Waals surface area contributed by atoms with Gasteiger partial charge in [0.25, 0.3) is 15.9 Å². The van der Waals surface area contributed by atoms with Crippen molar-refractivity contribution < 1.29 is 22.7 Å². The number of hydrazine groups is 1. The van der Waals surface area contributed by atoms with Gasteiger partial charge >= 0.3 is 0 Å². The number of methoxy groups -OCH3 is 1. The number of ether oxygens (including phenoxy) is 1. The second-order valence-electron chi connectivity index (χ2n) is 6.64.